The molecule has 0 spiro atoms. The monoisotopic (exact) mass is 228 g/mol. The topological polar surface area (TPSA) is 38.0 Å². The van der Waals surface area contributed by atoms with E-state index in [2.05, 4.69) is 12.0 Å². The van der Waals surface area contributed by atoms with E-state index in [1.165, 1.54) is 0 Å². The van der Waals surface area contributed by atoms with E-state index in [9.17, 15) is 5.11 Å². The molecule has 1 N–H and O–H groups in total. The van der Waals surface area contributed by atoms with Gasteiger partial charge in [-0.2, -0.15) is 5.10 Å². The minimum atomic E-state index is -0.124. The smallest absolute Gasteiger partial charge is 0.130 e. The number of rotatable bonds is 2. The Labute approximate surface area is 95.0 Å². The Bertz CT molecular complexity index is 329. The maximum atomic E-state index is 9.43. The lowest BCUT2D eigenvalue weighted by molar-refractivity contribution is 0.108. The van der Waals surface area contributed by atoms with E-state index in [-0.39, 0.29) is 6.10 Å². The molecule has 2 rings (SSSR count). The Balaban J connectivity index is 2.12. The fraction of sp³-hybridized carbons (Fsp3) is 0.727. The number of aliphatic hydroxyl groups is 1. The normalized spacial score (nSPS) is 26.9. The van der Waals surface area contributed by atoms with Crippen molar-refractivity contribution >= 4 is 11.6 Å². The van der Waals surface area contributed by atoms with Gasteiger partial charge >= 0.3 is 0 Å². The van der Waals surface area contributed by atoms with Gasteiger partial charge in [-0.3, -0.25) is 4.68 Å². The highest BCUT2D eigenvalue weighted by Crippen LogP contribution is 2.31. The molecular weight excluding hydrogens is 212 g/mol. The van der Waals surface area contributed by atoms with Crippen molar-refractivity contribution in [2.75, 3.05) is 0 Å². The molecule has 0 radical (unpaired) electrons. The molecule has 1 aliphatic carbocycles. The number of halogens is 1. The molecule has 4 heteroatoms. The largest absolute Gasteiger partial charge is 0.393 e. The SMILES string of the molecule is CCc1cnn(C2CCC(O)CC2)c1Cl. The van der Waals surface area contributed by atoms with Crippen LogP contribution in [0.5, 0.6) is 0 Å². The molecule has 0 aromatic carbocycles. The van der Waals surface area contributed by atoms with Gasteiger partial charge in [0.1, 0.15) is 5.15 Å². The zero-order valence-electron chi connectivity index (χ0n) is 8.99. The maximum absolute atomic E-state index is 9.43. The van der Waals surface area contributed by atoms with E-state index < -0.39 is 0 Å². The molecule has 3 nitrogen and oxygen atoms in total. The van der Waals surface area contributed by atoms with Crippen molar-refractivity contribution in [2.45, 2.75) is 51.2 Å². The predicted molar refractivity (Wildman–Crippen MR) is 60.1 cm³/mol. The second-order valence-corrected chi connectivity index (χ2v) is 4.58. The predicted octanol–water partition coefficient (Wildman–Crippen LogP) is 2.57. The number of aryl methyl sites for hydroxylation is 1. The van der Waals surface area contributed by atoms with Crippen LogP contribution < -0.4 is 0 Å². The van der Waals surface area contributed by atoms with Crippen LogP contribution in [0.25, 0.3) is 0 Å². The summed E-state index contributed by atoms with van der Waals surface area (Å²) in [6, 6.07) is 0.376. The van der Waals surface area contributed by atoms with Crippen LogP contribution in [0.15, 0.2) is 6.20 Å². The average Bonchev–Trinajstić information content (AvgIpc) is 2.61. The Morgan fingerprint density at radius 3 is 2.67 bits per heavy atom. The molecule has 1 aliphatic rings. The number of aromatic nitrogens is 2. The fourth-order valence-electron chi connectivity index (χ4n) is 2.18. The van der Waals surface area contributed by atoms with Crippen molar-refractivity contribution in [3.05, 3.63) is 16.9 Å². The lowest BCUT2D eigenvalue weighted by Gasteiger charge is -2.26. The summed E-state index contributed by atoms with van der Waals surface area (Å²) in [5.74, 6) is 0. The van der Waals surface area contributed by atoms with E-state index in [1.807, 2.05) is 10.9 Å². The second kappa shape index (κ2) is 4.54. The van der Waals surface area contributed by atoms with Gasteiger partial charge in [0.25, 0.3) is 0 Å². The molecule has 0 atom stereocenters. The van der Waals surface area contributed by atoms with Gasteiger partial charge in [0, 0.05) is 5.56 Å². The van der Waals surface area contributed by atoms with Crippen molar-refractivity contribution in [3.8, 4) is 0 Å². The van der Waals surface area contributed by atoms with Crippen LogP contribution in [0.2, 0.25) is 5.15 Å². The summed E-state index contributed by atoms with van der Waals surface area (Å²) in [5, 5.41) is 14.5. The molecule has 0 amide bonds. The highest BCUT2D eigenvalue weighted by molar-refractivity contribution is 6.30. The average molecular weight is 229 g/mol. The number of hydrogen-bond acceptors (Lipinski definition) is 2. The third kappa shape index (κ3) is 2.18. The first-order valence-electron chi connectivity index (χ1n) is 5.62. The summed E-state index contributed by atoms with van der Waals surface area (Å²) in [6.07, 6.45) is 6.34. The third-order valence-electron chi connectivity index (χ3n) is 3.20. The fourth-order valence-corrected chi connectivity index (χ4v) is 2.54. The quantitative estimate of drug-likeness (QED) is 0.845. The first-order valence-corrected chi connectivity index (χ1v) is 6.00. The van der Waals surface area contributed by atoms with E-state index >= 15 is 0 Å². The second-order valence-electron chi connectivity index (χ2n) is 4.22. The standard InChI is InChI=1S/C11H17ClN2O/c1-2-8-7-13-14(11(8)12)9-3-5-10(15)6-4-9/h7,9-10,15H,2-6H2,1H3. The molecule has 15 heavy (non-hydrogen) atoms. The van der Waals surface area contributed by atoms with Gasteiger partial charge in [-0.1, -0.05) is 18.5 Å². The van der Waals surface area contributed by atoms with Gasteiger partial charge in [0.2, 0.25) is 0 Å². The molecule has 84 valence electrons. The molecule has 1 aromatic rings. The zero-order chi connectivity index (χ0) is 10.8. The van der Waals surface area contributed by atoms with E-state index in [0.717, 1.165) is 42.8 Å². The van der Waals surface area contributed by atoms with Gasteiger partial charge < -0.3 is 5.11 Å². The Hall–Kier alpha value is -0.540. The van der Waals surface area contributed by atoms with Crippen LogP contribution in [0.4, 0.5) is 0 Å². The van der Waals surface area contributed by atoms with Crippen LogP contribution in [0.3, 0.4) is 0 Å². The van der Waals surface area contributed by atoms with Gasteiger partial charge in [0.05, 0.1) is 18.3 Å². The summed E-state index contributed by atoms with van der Waals surface area (Å²) in [5.41, 5.74) is 1.11. The van der Waals surface area contributed by atoms with Gasteiger partial charge in [-0.05, 0) is 32.1 Å². The molecule has 0 bridgehead atoms. The first kappa shape index (κ1) is 11.0. The van der Waals surface area contributed by atoms with E-state index in [4.69, 9.17) is 11.6 Å². The Morgan fingerprint density at radius 2 is 2.13 bits per heavy atom. The molecule has 0 saturated heterocycles. The van der Waals surface area contributed by atoms with Crippen molar-refractivity contribution in [3.63, 3.8) is 0 Å². The van der Waals surface area contributed by atoms with Gasteiger partial charge in [-0.15, -0.1) is 0 Å². The van der Waals surface area contributed by atoms with Crippen molar-refractivity contribution in [1.29, 1.82) is 0 Å². The van der Waals surface area contributed by atoms with E-state index in [1.54, 1.807) is 0 Å². The first-order chi connectivity index (χ1) is 7.22. The summed E-state index contributed by atoms with van der Waals surface area (Å²) in [7, 11) is 0. The highest BCUT2D eigenvalue weighted by atomic mass is 35.5. The van der Waals surface area contributed by atoms with Crippen LogP contribution in [-0.2, 0) is 6.42 Å². The van der Waals surface area contributed by atoms with Crippen LogP contribution >= 0.6 is 11.6 Å². The maximum Gasteiger partial charge on any atom is 0.130 e. The Kier molecular flexibility index (Phi) is 3.32. The summed E-state index contributed by atoms with van der Waals surface area (Å²) in [6.45, 7) is 2.08. The molecule has 1 fully saturated rings. The minimum absolute atomic E-state index is 0.124. The number of hydrogen-bond donors (Lipinski definition) is 1. The minimum Gasteiger partial charge on any atom is -0.393 e. The zero-order valence-corrected chi connectivity index (χ0v) is 9.74. The number of aliphatic hydroxyl groups excluding tert-OH is 1. The summed E-state index contributed by atoms with van der Waals surface area (Å²) in [4.78, 5) is 0. The van der Waals surface area contributed by atoms with Crippen molar-refractivity contribution < 1.29 is 5.11 Å². The highest BCUT2D eigenvalue weighted by Gasteiger charge is 2.23. The molecule has 1 saturated carbocycles. The number of nitrogens with zero attached hydrogens (tertiary/aromatic N) is 2. The molecule has 0 unspecified atom stereocenters. The summed E-state index contributed by atoms with van der Waals surface area (Å²) >= 11 is 6.23. The molecular formula is C11H17ClN2O. The summed E-state index contributed by atoms with van der Waals surface area (Å²) < 4.78 is 1.92. The van der Waals surface area contributed by atoms with Crippen LogP contribution in [0.1, 0.15) is 44.2 Å². The van der Waals surface area contributed by atoms with Gasteiger partial charge in [0.15, 0.2) is 0 Å². The third-order valence-corrected chi connectivity index (χ3v) is 3.61. The molecule has 1 aromatic heterocycles. The Morgan fingerprint density at radius 1 is 1.47 bits per heavy atom. The lowest BCUT2D eigenvalue weighted by atomic mass is 9.93. The van der Waals surface area contributed by atoms with Crippen LogP contribution in [0, 0.1) is 0 Å². The van der Waals surface area contributed by atoms with E-state index in [0.29, 0.717) is 6.04 Å². The van der Waals surface area contributed by atoms with Crippen molar-refractivity contribution in [1.82, 2.24) is 9.78 Å². The molecule has 1 heterocycles. The lowest BCUT2D eigenvalue weighted by Crippen LogP contribution is -2.21. The van der Waals surface area contributed by atoms with Gasteiger partial charge in [-0.25, -0.2) is 0 Å². The molecule has 0 aliphatic heterocycles. The van der Waals surface area contributed by atoms with Crippen molar-refractivity contribution in [2.24, 2.45) is 0 Å². The van der Waals surface area contributed by atoms with Crippen LogP contribution in [-0.4, -0.2) is 21.0 Å².